The van der Waals surface area contributed by atoms with E-state index in [2.05, 4.69) is 140 Å². The number of rotatable bonds is 4. The van der Waals surface area contributed by atoms with Gasteiger partial charge in [-0.15, -0.1) is 0 Å². The van der Waals surface area contributed by atoms with Crippen LogP contribution in [0.25, 0.3) is 111 Å². The maximum Gasteiger partial charge on any atom is 0.161 e. The van der Waals surface area contributed by atoms with Gasteiger partial charge in [-0.05, 0) is 107 Å². The Labute approximate surface area is 335 Å². The monoisotopic (exact) mass is 734 g/mol. The highest BCUT2D eigenvalue weighted by Gasteiger charge is 2.29. The zero-order chi connectivity index (χ0) is 38.5. The van der Waals surface area contributed by atoms with Crippen molar-refractivity contribution in [2.75, 3.05) is 0 Å². The van der Waals surface area contributed by atoms with Gasteiger partial charge in [0, 0.05) is 22.4 Å². The number of nitrogens with zero attached hydrogens (tertiary/aromatic N) is 4. The van der Waals surface area contributed by atoms with Crippen LogP contribution < -0.4 is 0 Å². The third-order valence-corrected chi connectivity index (χ3v) is 12.4. The molecule has 0 aliphatic heterocycles. The molecule has 0 saturated heterocycles. The van der Waals surface area contributed by atoms with Crippen molar-refractivity contribution in [3.8, 4) is 90.3 Å². The second kappa shape index (κ2) is 12.3. The molecule has 2 unspecified atom stereocenters. The molecule has 0 saturated carbocycles. The zero-order valence-electron chi connectivity index (χ0n) is 31.1. The minimum Gasteiger partial charge on any atom is -0.232 e. The SMILES string of the molecule is N#Cc1ccccc1-c1nc(C2C=CC=CC2C#N)c2cc(-c3ccc4c5c(cccc35)-c3ccccc3-4)cc(-c3ccc4c5c(cccc35)-c3ccccc3-4)c2n1. The number of fused-ring (bicyclic) bond motifs is 7. The van der Waals surface area contributed by atoms with Gasteiger partial charge in [0.05, 0.1) is 34.8 Å². The quantitative estimate of drug-likeness (QED) is 0.180. The summed E-state index contributed by atoms with van der Waals surface area (Å²) >= 11 is 0. The molecule has 4 nitrogen and oxygen atoms in total. The third kappa shape index (κ3) is 4.49. The van der Waals surface area contributed by atoms with Crippen LogP contribution in [0, 0.1) is 28.6 Å². The first-order chi connectivity index (χ1) is 28.7. The highest BCUT2D eigenvalue weighted by molar-refractivity contribution is 6.21. The van der Waals surface area contributed by atoms with E-state index in [1.807, 2.05) is 42.5 Å². The minimum atomic E-state index is -0.431. The molecule has 0 amide bonds. The molecule has 12 rings (SSSR count). The third-order valence-electron chi connectivity index (χ3n) is 12.4. The summed E-state index contributed by atoms with van der Waals surface area (Å²) in [5.41, 5.74) is 16.9. The summed E-state index contributed by atoms with van der Waals surface area (Å²) in [5.74, 6) is -0.296. The van der Waals surface area contributed by atoms with Crippen molar-refractivity contribution in [2.24, 2.45) is 5.92 Å². The van der Waals surface area contributed by atoms with Crippen LogP contribution in [0.15, 0.2) is 170 Å². The second-order valence-corrected chi connectivity index (χ2v) is 15.3. The number of benzene rings is 8. The zero-order valence-corrected chi connectivity index (χ0v) is 31.1. The summed E-state index contributed by atoms with van der Waals surface area (Å²) in [6.07, 6.45) is 7.97. The van der Waals surface area contributed by atoms with Crippen molar-refractivity contribution in [1.82, 2.24) is 9.97 Å². The Hall–Kier alpha value is -7.92. The second-order valence-electron chi connectivity index (χ2n) is 15.3. The summed E-state index contributed by atoms with van der Waals surface area (Å²) in [5, 5.41) is 26.5. The molecule has 0 bridgehead atoms. The van der Waals surface area contributed by atoms with Crippen molar-refractivity contribution < 1.29 is 0 Å². The molecule has 2 atom stereocenters. The van der Waals surface area contributed by atoms with E-state index in [9.17, 15) is 10.5 Å². The summed E-state index contributed by atoms with van der Waals surface area (Å²) in [6, 6.07) is 56.6. The number of hydrogen-bond donors (Lipinski definition) is 0. The molecule has 266 valence electrons. The average molecular weight is 735 g/mol. The Morgan fingerprint density at radius 2 is 0.966 bits per heavy atom. The molecule has 8 aromatic carbocycles. The largest absolute Gasteiger partial charge is 0.232 e. The summed E-state index contributed by atoms with van der Waals surface area (Å²) in [6.45, 7) is 0. The number of allylic oxidation sites excluding steroid dienone is 4. The van der Waals surface area contributed by atoms with Gasteiger partial charge in [-0.3, -0.25) is 0 Å². The Bertz CT molecular complexity index is 3390. The van der Waals surface area contributed by atoms with Gasteiger partial charge in [-0.1, -0.05) is 146 Å². The molecule has 0 fully saturated rings. The van der Waals surface area contributed by atoms with Crippen LogP contribution in [-0.2, 0) is 0 Å². The fraction of sp³-hybridized carbons (Fsp3) is 0.0370. The van der Waals surface area contributed by atoms with Crippen LogP contribution in [0.5, 0.6) is 0 Å². The van der Waals surface area contributed by atoms with Gasteiger partial charge in [0.1, 0.15) is 0 Å². The molecule has 4 heteroatoms. The average Bonchev–Trinajstić information content (AvgIpc) is 3.80. The van der Waals surface area contributed by atoms with Gasteiger partial charge >= 0.3 is 0 Å². The lowest BCUT2D eigenvalue weighted by Gasteiger charge is -2.22. The van der Waals surface area contributed by atoms with E-state index in [1.165, 1.54) is 60.7 Å². The standard InChI is InChI=1S/C54H30N4/c55-29-31-11-1-3-13-35(31)52-49-28-33(34-23-25-46-39-17-7-5-15-37(39)43-20-9-19-42(34)50(43)46)27-48(53(49)58-54(57-52)36-14-4-2-12-32(36)30-56)41-24-26-47-40-18-8-6-16-38(40)44-21-10-22-45(41)51(44)47/h1-28,31,35H. The highest BCUT2D eigenvalue weighted by atomic mass is 14.9. The maximum absolute atomic E-state index is 10.5. The van der Waals surface area contributed by atoms with Gasteiger partial charge in [-0.25, -0.2) is 9.97 Å². The van der Waals surface area contributed by atoms with Crippen LogP contribution in [-0.4, -0.2) is 9.97 Å². The Balaban J connectivity index is 1.21. The van der Waals surface area contributed by atoms with Gasteiger partial charge in [0.2, 0.25) is 0 Å². The summed E-state index contributed by atoms with van der Waals surface area (Å²) in [4.78, 5) is 10.7. The Morgan fingerprint density at radius 1 is 0.431 bits per heavy atom. The van der Waals surface area contributed by atoms with Crippen LogP contribution in [0.3, 0.4) is 0 Å². The fourth-order valence-corrected chi connectivity index (χ4v) is 9.86. The maximum atomic E-state index is 10.5. The molecule has 0 N–H and O–H groups in total. The van der Waals surface area contributed by atoms with Gasteiger partial charge in [0.15, 0.2) is 5.82 Å². The normalized spacial score (nSPS) is 15.4. The topological polar surface area (TPSA) is 73.4 Å². The molecular weight excluding hydrogens is 705 g/mol. The molecule has 1 aromatic heterocycles. The predicted octanol–water partition coefficient (Wildman–Crippen LogP) is 13.5. The van der Waals surface area contributed by atoms with Crippen molar-refractivity contribution in [2.45, 2.75) is 5.92 Å². The molecule has 58 heavy (non-hydrogen) atoms. The smallest absolute Gasteiger partial charge is 0.161 e. The van der Waals surface area contributed by atoms with Crippen molar-refractivity contribution in [3.05, 3.63) is 181 Å². The molecule has 0 radical (unpaired) electrons. The molecular formula is C54H30N4. The van der Waals surface area contributed by atoms with E-state index in [0.29, 0.717) is 17.0 Å². The molecule has 3 aliphatic carbocycles. The van der Waals surface area contributed by atoms with E-state index in [0.717, 1.165) is 44.2 Å². The van der Waals surface area contributed by atoms with Gasteiger partial charge < -0.3 is 0 Å². The first-order valence-electron chi connectivity index (χ1n) is 19.6. The molecule has 9 aromatic rings. The fourth-order valence-electron chi connectivity index (χ4n) is 9.86. The van der Waals surface area contributed by atoms with Crippen LogP contribution >= 0.6 is 0 Å². The van der Waals surface area contributed by atoms with Crippen LogP contribution in [0.4, 0.5) is 0 Å². The minimum absolute atomic E-state index is 0.332. The first kappa shape index (κ1) is 32.3. The van der Waals surface area contributed by atoms with Gasteiger partial charge in [-0.2, -0.15) is 10.5 Å². The van der Waals surface area contributed by atoms with E-state index in [1.54, 1.807) is 0 Å². The summed E-state index contributed by atoms with van der Waals surface area (Å²) < 4.78 is 0. The number of nitriles is 2. The number of hydrogen-bond acceptors (Lipinski definition) is 4. The van der Waals surface area contributed by atoms with Gasteiger partial charge in [0.25, 0.3) is 0 Å². The van der Waals surface area contributed by atoms with Crippen molar-refractivity contribution in [1.29, 1.82) is 10.5 Å². The number of aromatic nitrogens is 2. The van der Waals surface area contributed by atoms with E-state index >= 15 is 0 Å². The lowest BCUT2D eigenvalue weighted by molar-refractivity contribution is 0.696. The predicted molar refractivity (Wildman–Crippen MR) is 235 cm³/mol. The molecule has 3 aliphatic rings. The van der Waals surface area contributed by atoms with Crippen LogP contribution in [0.2, 0.25) is 0 Å². The Morgan fingerprint density at radius 3 is 1.60 bits per heavy atom. The highest BCUT2D eigenvalue weighted by Crippen LogP contribution is 2.52. The Kier molecular flexibility index (Phi) is 6.85. The van der Waals surface area contributed by atoms with E-state index in [-0.39, 0.29) is 5.92 Å². The van der Waals surface area contributed by atoms with E-state index < -0.39 is 5.92 Å². The summed E-state index contributed by atoms with van der Waals surface area (Å²) in [7, 11) is 0. The molecule has 1 heterocycles. The lowest BCUT2D eigenvalue weighted by atomic mass is 9.83. The van der Waals surface area contributed by atoms with Crippen molar-refractivity contribution >= 4 is 32.4 Å². The molecule has 0 spiro atoms. The first-order valence-corrected chi connectivity index (χ1v) is 19.6. The van der Waals surface area contributed by atoms with Crippen molar-refractivity contribution in [3.63, 3.8) is 0 Å². The van der Waals surface area contributed by atoms with Crippen LogP contribution in [0.1, 0.15) is 17.2 Å². The van der Waals surface area contributed by atoms with E-state index in [4.69, 9.17) is 9.97 Å². The lowest BCUT2D eigenvalue weighted by Crippen LogP contribution is -2.13.